The first-order valence-electron chi connectivity index (χ1n) is 7.54. The fourth-order valence-corrected chi connectivity index (χ4v) is 3.19. The molecule has 0 saturated heterocycles. The van der Waals surface area contributed by atoms with E-state index in [2.05, 4.69) is 50.6 Å². The average molecular weight is 351 g/mol. The molecule has 2 rings (SSSR count). The Balaban J connectivity index is 1.99. The number of aryl methyl sites for hydroxylation is 3. The van der Waals surface area contributed by atoms with Crippen molar-refractivity contribution in [2.24, 2.45) is 5.73 Å². The molecule has 2 aromatic rings. The van der Waals surface area contributed by atoms with Crippen molar-refractivity contribution in [1.82, 2.24) is 14.8 Å². The molecule has 0 spiro atoms. The van der Waals surface area contributed by atoms with E-state index < -0.39 is 0 Å². The van der Waals surface area contributed by atoms with Crippen molar-refractivity contribution < 1.29 is 0 Å². The minimum atomic E-state index is 0.133. The number of rotatable bonds is 7. The van der Waals surface area contributed by atoms with Crippen LogP contribution >= 0.6 is 15.9 Å². The zero-order chi connectivity index (χ0) is 15.2. The fraction of sp³-hybridized carbons (Fsp3) is 0.500. The van der Waals surface area contributed by atoms with Gasteiger partial charge < -0.3 is 5.73 Å². The van der Waals surface area contributed by atoms with Gasteiger partial charge in [-0.1, -0.05) is 13.0 Å². The smallest absolute Gasteiger partial charge is 0.0766 e. The lowest BCUT2D eigenvalue weighted by Crippen LogP contribution is -2.25. The zero-order valence-electron chi connectivity index (χ0n) is 12.7. The predicted octanol–water partition coefficient (Wildman–Crippen LogP) is 3.13. The highest BCUT2D eigenvalue weighted by Crippen LogP contribution is 2.24. The Labute approximate surface area is 134 Å². The molecular formula is C16H23BrN4. The Bertz CT molecular complexity index is 565. The fourth-order valence-electron chi connectivity index (χ4n) is 2.46. The first-order chi connectivity index (χ1) is 10.2. The van der Waals surface area contributed by atoms with Gasteiger partial charge in [-0.2, -0.15) is 5.10 Å². The third-order valence-electron chi connectivity index (χ3n) is 3.68. The maximum Gasteiger partial charge on any atom is 0.0766 e. The Morgan fingerprint density at radius 3 is 2.81 bits per heavy atom. The Morgan fingerprint density at radius 2 is 2.19 bits per heavy atom. The zero-order valence-corrected chi connectivity index (χ0v) is 14.3. The van der Waals surface area contributed by atoms with Gasteiger partial charge in [-0.05, 0) is 53.7 Å². The van der Waals surface area contributed by atoms with Crippen molar-refractivity contribution in [2.45, 2.75) is 52.1 Å². The van der Waals surface area contributed by atoms with Gasteiger partial charge in [-0.25, -0.2) is 0 Å². The van der Waals surface area contributed by atoms with Crippen LogP contribution in [0.15, 0.2) is 29.0 Å². The molecule has 0 aliphatic rings. The van der Waals surface area contributed by atoms with Crippen LogP contribution in [0.1, 0.15) is 37.2 Å². The highest BCUT2D eigenvalue weighted by Gasteiger charge is 2.16. The van der Waals surface area contributed by atoms with Gasteiger partial charge in [0.2, 0.25) is 0 Å². The molecule has 5 heteroatoms. The molecule has 2 heterocycles. The highest BCUT2D eigenvalue weighted by atomic mass is 79.9. The maximum atomic E-state index is 6.31. The first kappa shape index (κ1) is 16.2. The number of hydrogen-bond acceptors (Lipinski definition) is 3. The average Bonchev–Trinajstić information content (AvgIpc) is 2.82. The summed E-state index contributed by atoms with van der Waals surface area (Å²) in [6, 6.07) is 4.20. The summed E-state index contributed by atoms with van der Waals surface area (Å²) in [5, 5.41) is 4.62. The van der Waals surface area contributed by atoms with Crippen LogP contribution in [0.4, 0.5) is 0 Å². The standard InChI is InChI=1S/C16H23BrN4/c1-3-14-16(17)15(21(4-2)20-14)10-13(18)8-7-12-6-5-9-19-11-12/h5-6,9,11,13H,3-4,7-8,10,18H2,1-2H3. The molecule has 4 nitrogen and oxygen atoms in total. The van der Waals surface area contributed by atoms with E-state index in [9.17, 15) is 0 Å². The number of hydrogen-bond donors (Lipinski definition) is 1. The van der Waals surface area contributed by atoms with E-state index in [0.29, 0.717) is 0 Å². The number of pyridine rings is 1. The van der Waals surface area contributed by atoms with Gasteiger partial charge in [-0.15, -0.1) is 0 Å². The molecule has 1 unspecified atom stereocenters. The van der Waals surface area contributed by atoms with Crippen LogP contribution in [0.3, 0.4) is 0 Å². The van der Waals surface area contributed by atoms with E-state index in [1.165, 1.54) is 11.3 Å². The Morgan fingerprint density at radius 1 is 1.38 bits per heavy atom. The third-order valence-corrected chi connectivity index (χ3v) is 4.59. The van der Waals surface area contributed by atoms with Crippen molar-refractivity contribution in [3.63, 3.8) is 0 Å². The summed E-state index contributed by atoms with van der Waals surface area (Å²) in [5.41, 5.74) is 9.89. The van der Waals surface area contributed by atoms with Crippen molar-refractivity contribution >= 4 is 15.9 Å². The molecular weight excluding hydrogens is 328 g/mol. The van der Waals surface area contributed by atoms with E-state index >= 15 is 0 Å². The van der Waals surface area contributed by atoms with Crippen molar-refractivity contribution in [3.05, 3.63) is 46.0 Å². The first-order valence-corrected chi connectivity index (χ1v) is 8.33. The molecule has 2 aromatic heterocycles. The topological polar surface area (TPSA) is 56.7 Å². The SMILES string of the molecule is CCc1nn(CC)c(CC(N)CCc2cccnc2)c1Br. The van der Waals surface area contributed by atoms with Gasteiger partial charge in [0.1, 0.15) is 0 Å². The molecule has 0 aliphatic heterocycles. The molecule has 0 saturated carbocycles. The molecule has 0 bridgehead atoms. The summed E-state index contributed by atoms with van der Waals surface area (Å²) < 4.78 is 3.19. The normalized spacial score (nSPS) is 12.6. The number of aromatic nitrogens is 3. The molecule has 0 aliphatic carbocycles. The van der Waals surface area contributed by atoms with Crippen molar-refractivity contribution in [3.8, 4) is 0 Å². The van der Waals surface area contributed by atoms with Gasteiger partial charge in [0.15, 0.2) is 0 Å². The molecule has 0 aromatic carbocycles. The van der Waals surface area contributed by atoms with E-state index in [1.807, 2.05) is 12.3 Å². The lowest BCUT2D eigenvalue weighted by Gasteiger charge is -2.13. The molecule has 21 heavy (non-hydrogen) atoms. The summed E-state index contributed by atoms with van der Waals surface area (Å²) in [7, 11) is 0. The second-order valence-corrected chi connectivity index (χ2v) is 6.03. The predicted molar refractivity (Wildman–Crippen MR) is 89.2 cm³/mol. The van der Waals surface area contributed by atoms with Gasteiger partial charge in [0, 0.05) is 31.4 Å². The molecule has 0 fully saturated rings. The minimum absolute atomic E-state index is 0.133. The maximum absolute atomic E-state index is 6.31. The lowest BCUT2D eigenvalue weighted by molar-refractivity contribution is 0.552. The van der Waals surface area contributed by atoms with E-state index in [-0.39, 0.29) is 6.04 Å². The molecule has 1 atom stereocenters. The van der Waals surface area contributed by atoms with Crippen molar-refractivity contribution in [2.75, 3.05) is 0 Å². The minimum Gasteiger partial charge on any atom is -0.327 e. The summed E-state index contributed by atoms with van der Waals surface area (Å²) in [4.78, 5) is 4.14. The highest BCUT2D eigenvalue weighted by molar-refractivity contribution is 9.10. The van der Waals surface area contributed by atoms with Crippen LogP contribution < -0.4 is 5.73 Å². The quantitative estimate of drug-likeness (QED) is 0.834. The second kappa shape index (κ2) is 7.71. The monoisotopic (exact) mass is 350 g/mol. The summed E-state index contributed by atoms with van der Waals surface area (Å²) in [6.45, 7) is 5.12. The number of nitrogens with zero attached hydrogens (tertiary/aromatic N) is 3. The van der Waals surface area contributed by atoms with Gasteiger partial charge in [-0.3, -0.25) is 9.67 Å². The van der Waals surface area contributed by atoms with E-state index in [4.69, 9.17) is 5.73 Å². The Kier molecular flexibility index (Phi) is 5.94. The summed E-state index contributed by atoms with van der Waals surface area (Å²) in [6.07, 6.45) is 7.41. The van der Waals surface area contributed by atoms with Gasteiger partial charge in [0.05, 0.1) is 15.9 Å². The molecule has 114 valence electrons. The second-order valence-electron chi connectivity index (χ2n) is 5.24. The van der Waals surface area contributed by atoms with E-state index in [1.54, 1.807) is 6.20 Å². The number of nitrogens with two attached hydrogens (primary N) is 1. The van der Waals surface area contributed by atoms with Gasteiger partial charge in [0.25, 0.3) is 0 Å². The van der Waals surface area contributed by atoms with Crippen LogP contribution in [-0.2, 0) is 25.8 Å². The molecule has 2 N–H and O–H groups in total. The van der Waals surface area contributed by atoms with Gasteiger partial charge >= 0.3 is 0 Å². The van der Waals surface area contributed by atoms with Crippen LogP contribution in [0.2, 0.25) is 0 Å². The van der Waals surface area contributed by atoms with Crippen LogP contribution in [-0.4, -0.2) is 20.8 Å². The largest absolute Gasteiger partial charge is 0.327 e. The molecule has 0 radical (unpaired) electrons. The summed E-state index contributed by atoms with van der Waals surface area (Å²) in [5.74, 6) is 0. The van der Waals surface area contributed by atoms with Crippen LogP contribution in [0, 0.1) is 0 Å². The van der Waals surface area contributed by atoms with Crippen LogP contribution in [0.5, 0.6) is 0 Å². The van der Waals surface area contributed by atoms with Crippen LogP contribution in [0.25, 0.3) is 0 Å². The molecule has 0 amide bonds. The summed E-state index contributed by atoms with van der Waals surface area (Å²) >= 11 is 3.68. The number of halogens is 1. The van der Waals surface area contributed by atoms with E-state index in [0.717, 1.165) is 42.4 Å². The Hall–Kier alpha value is -1.20. The third kappa shape index (κ3) is 4.14. The van der Waals surface area contributed by atoms with Crippen molar-refractivity contribution in [1.29, 1.82) is 0 Å². The lowest BCUT2D eigenvalue weighted by atomic mass is 10.0.